The number of carbonyl (C=O) groups excluding carboxylic acids is 2. The van der Waals surface area contributed by atoms with Crippen LogP contribution in [0.3, 0.4) is 0 Å². The molecule has 1 unspecified atom stereocenters. The van der Waals surface area contributed by atoms with E-state index in [0.29, 0.717) is 17.1 Å². The highest BCUT2D eigenvalue weighted by molar-refractivity contribution is 9.10. The second-order valence-electron chi connectivity index (χ2n) is 6.11. The molecule has 1 atom stereocenters. The quantitative estimate of drug-likeness (QED) is 0.800. The smallest absolute Gasteiger partial charge is 0.325 e. The highest BCUT2D eigenvalue weighted by Gasteiger charge is 2.49. The number of amides is 3. The van der Waals surface area contributed by atoms with Crippen molar-refractivity contribution in [2.24, 2.45) is 0 Å². The maximum atomic E-state index is 13.0. The Morgan fingerprint density at radius 2 is 1.92 bits per heavy atom. The van der Waals surface area contributed by atoms with E-state index in [1.165, 1.54) is 4.90 Å². The van der Waals surface area contributed by atoms with Crippen LogP contribution in [0.2, 0.25) is 0 Å². The van der Waals surface area contributed by atoms with Gasteiger partial charge in [0.1, 0.15) is 5.54 Å². The molecule has 1 N–H and O–H groups in total. The molecule has 6 nitrogen and oxygen atoms in total. The van der Waals surface area contributed by atoms with Crippen LogP contribution in [-0.4, -0.2) is 23.6 Å². The summed E-state index contributed by atoms with van der Waals surface area (Å²) in [4.78, 5) is 26.7. The summed E-state index contributed by atoms with van der Waals surface area (Å²) < 4.78 is 11.5. The van der Waals surface area contributed by atoms with E-state index in [1.807, 2.05) is 24.3 Å². The number of rotatable bonds is 3. The van der Waals surface area contributed by atoms with Crippen molar-refractivity contribution >= 4 is 27.9 Å². The minimum absolute atomic E-state index is 0.157. The van der Waals surface area contributed by atoms with Gasteiger partial charge in [-0.1, -0.05) is 40.2 Å². The molecule has 3 amide bonds. The van der Waals surface area contributed by atoms with E-state index in [0.717, 1.165) is 10.0 Å². The molecule has 128 valence electrons. The standard InChI is InChI=1S/C18H15BrN2O4/c1-18(12-6-7-14-15(8-12)25-10-24-14)16(22)21(17(23)20-18)9-11-4-2-3-5-13(11)19/h2-8H,9-10H2,1H3,(H,20,23). The SMILES string of the molecule is CC1(c2ccc3c(c2)OCO3)NC(=O)N(Cc2ccccc2Br)C1=O. The lowest BCUT2D eigenvalue weighted by atomic mass is 9.91. The zero-order valence-corrected chi connectivity index (χ0v) is 15.0. The van der Waals surface area contributed by atoms with Gasteiger partial charge in [-0.15, -0.1) is 0 Å². The number of imide groups is 1. The summed E-state index contributed by atoms with van der Waals surface area (Å²) in [6.07, 6.45) is 0. The van der Waals surface area contributed by atoms with Gasteiger partial charge < -0.3 is 14.8 Å². The van der Waals surface area contributed by atoms with Crippen LogP contribution >= 0.6 is 15.9 Å². The normalized spacial score (nSPS) is 21.6. The predicted molar refractivity (Wildman–Crippen MR) is 93.1 cm³/mol. The molecular formula is C18H15BrN2O4. The maximum Gasteiger partial charge on any atom is 0.325 e. The fourth-order valence-corrected chi connectivity index (χ4v) is 3.45. The van der Waals surface area contributed by atoms with Gasteiger partial charge in [0.15, 0.2) is 11.5 Å². The molecule has 0 aromatic heterocycles. The van der Waals surface area contributed by atoms with Crippen molar-refractivity contribution in [3.63, 3.8) is 0 Å². The van der Waals surface area contributed by atoms with Crippen LogP contribution in [0, 0.1) is 0 Å². The van der Waals surface area contributed by atoms with E-state index >= 15 is 0 Å². The summed E-state index contributed by atoms with van der Waals surface area (Å²) in [5.74, 6) is 0.909. The summed E-state index contributed by atoms with van der Waals surface area (Å²) in [5.41, 5.74) is 0.380. The first-order valence-corrected chi connectivity index (χ1v) is 8.56. The molecule has 25 heavy (non-hydrogen) atoms. The maximum absolute atomic E-state index is 13.0. The van der Waals surface area contributed by atoms with Gasteiger partial charge in [-0.3, -0.25) is 9.69 Å². The lowest BCUT2D eigenvalue weighted by Crippen LogP contribution is -2.40. The molecule has 2 aliphatic heterocycles. The summed E-state index contributed by atoms with van der Waals surface area (Å²) in [6.45, 7) is 2.06. The van der Waals surface area contributed by atoms with Crippen LogP contribution in [0.5, 0.6) is 11.5 Å². The Morgan fingerprint density at radius 3 is 2.72 bits per heavy atom. The molecule has 0 spiro atoms. The Labute approximate surface area is 152 Å². The Balaban J connectivity index is 1.65. The van der Waals surface area contributed by atoms with Crippen molar-refractivity contribution in [1.29, 1.82) is 0 Å². The summed E-state index contributed by atoms with van der Waals surface area (Å²) in [6, 6.07) is 12.4. The zero-order valence-electron chi connectivity index (χ0n) is 13.4. The van der Waals surface area contributed by atoms with E-state index in [1.54, 1.807) is 25.1 Å². The number of ether oxygens (including phenoxy) is 2. The highest BCUT2D eigenvalue weighted by Crippen LogP contribution is 2.38. The monoisotopic (exact) mass is 402 g/mol. The molecule has 0 radical (unpaired) electrons. The first-order valence-electron chi connectivity index (χ1n) is 7.77. The number of nitrogens with one attached hydrogen (secondary N) is 1. The lowest BCUT2D eigenvalue weighted by Gasteiger charge is -2.22. The van der Waals surface area contributed by atoms with Crippen molar-refractivity contribution in [1.82, 2.24) is 10.2 Å². The highest BCUT2D eigenvalue weighted by atomic mass is 79.9. The minimum Gasteiger partial charge on any atom is -0.454 e. The summed E-state index contributed by atoms with van der Waals surface area (Å²) >= 11 is 3.45. The Morgan fingerprint density at radius 1 is 1.16 bits per heavy atom. The second-order valence-corrected chi connectivity index (χ2v) is 6.96. The van der Waals surface area contributed by atoms with E-state index in [2.05, 4.69) is 21.2 Å². The third kappa shape index (κ3) is 2.55. The number of nitrogens with zero attached hydrogens (tertiary/aromatic N) is 1. The van der Waals surface area contributed by atoms with Crippen molar-refractivity contribution in [2.75, 3.05) is 6.79 Å². The van der Waals surface area contributed by atoms with E-state index in [9.17, 15) is 9.59 Å². The molecular weight excluding hydrogens is 388 g/mol. The van der Waals surface area contributed by atoms with Gasteiger partial charge in [0.05, 0.1) is 6.54 Å². The van der Waals surface area contributed by atoms with Crippen molar-refractivity contribution in [2.45, 2.75) is 19.0 Å². The van der Waals surface area contributed by atoms with Gasteiger partial charge in [0.2, 0.25) is 6.79 Å². The lowest BCUT2D eigenvalue weighted by molar-refractivity contribution is -0.131. The fraction of sp³-hybridized carbons (Fsp3) is 0.222. The van der Waals surface area contributed by atoms with Crippen LogP contribution in [0.25, 0.3) is 0 Å². The number of halogens is 1. The molecule has 0 saturated carbocycles. The molecule has 7 heteroatoms. The summed E-state index contributed by atoms with van der Waals surface area (Å²) in [5, 5.41) is 2.80. The number of benzene rings is 2. The topological polar surface area (TPSA) is 67.9 Å². The molecule has 1 fully saturated rings. The van der Waals surface area contributed by atoms with Crippen LogP contribution in [0.15, 0.2) is 46.9 Å². The molecule has 2 heterocycles. The van der Waals surface area contributed by atoms with Crippen LogP contribution in [-0.2, 0) is 16.9 Å². The van der Waals surface area contributed by atoms with Crippen molar-refractivity contribution in [3.05, 3.63) is 58.1 Å². The van der Waals surface area contributed by atoms with E-state index in [4.69, 9.17) is 9.47 Å². The molecule has 1 saturated heterocycles. The molecule has 2 aromatic carbocycles. The first kappa shape index (κ1) is 16.0. The molecule has 0 aliphatic carbocycles. The average Bonchev–Trinajstić information content (AvgIpc) is 3.15. The number of urea groups is 1. The van der Waals surface area contributed by atoms with Crippen molar-refractivity contribution in [3.8, 4) is 11.5 Å². The van der Waals surface area contributed by atoms with Gasteiger partial charge in [-0.2, -0.15) is 0 Å². The van der Waals surface area contributed by atoms with Gasteiger partial charge in [-0.25, -0.2) is 4.79 Å². The van der Waals surface area contributed by atoms with Gasteiger partial charge in [0, 0.05) is 4.47 Å². The Bertz CT molecular complexity index is 885. The van der Waals surface area contributed by atoms with Gasteiger partial charge >= 0.3 is 6.03 Å². The van der Waals surface area contributed by atoms with Gasteiger partial charge in [0.25, 0.3) is 5.91 Å². The Kier molecular flexibility index (Phi) is 3.68. The number of fused-ring (bicyclic) bond motifs is 1. The van der Waals surface area contributed by atoms with E-state index < -0.39 is 11.6 Å². The molecule has 4 rings (SSSR count). The zero-order chi connectivity index (χ0) is 17.6. The summed E-state index contributed by atoms with van der Waals surface area (Å²) in [7, 11) is 0. The first-order chi connectivity index (χ1) is 12.0. The number of hydrogen-bond acceptors (Lipinski definition) is 4. The second kappa shape index (κ2) is 5.77. The van der Waals surface area contributed by atoms with Crippen LogP contribution in [0.4, 0.5) is 4.79 Å². The third-order valence-corrected chi connectivity index (χ3v) is 5.28. The number of carbonyl (C=O) groups is 2. The van der Waals surface area contributed by atoms with Crippen LogP contribution in [0.1, 0.15) is 18.1 Å². The van der Waals surface area contributed by atoms with Crippen LogP contribution < -0.4 is 14.8 Å². The van der Waals surface area contributed by atoms with Crippen molar-refractivity contribution < 1.29 is 19.1 Å². The Hall–Kier alpha value is -2.54. The van der Waals surface area contributed by atoms with Gasteiger partial charge in [-0.05, 0) is 36.2 Å². The molecule has 0 bridgehead atoms. The molecule has 2 aromatic rings. The fourth-order valence-electron chi connectivity index (χ4n) is 3.04. The minimum atomic E-state index is -1.14. The third-order valence-electron chi connectivity index (χ3n) is 4.51. The largest absolute Gasteiger partial charge is 0.454 e. The average molecular weight is 403 g/mol. The molecule has 2 aliphatic rings. The number of hydrogen-bond donors (Lipinski definition) is 1. The van der Waals surface area contributed by atoms with E-state index in [-0.39, 0.29) is 19.2 Å². The predicted octanol–water partition coefficient (Wildman–Crippen LogP) is 3.15.